The van der Waals surface area contributed by atoms with Gasteiger partial charge >= 0.3 is 5.69 Å². The Balaban J connectivity index is 1.71. The van der Waals surface area contributed by atoms with Crippen molar-refractivity contribution in [2.75, 3.05) is 7.11 Å². The maximum absolute atomic E-state index is 12.5. The van der Waals surface area contributed by atoms with Gasteiger partial charge in [-0.25, -0.2) is 9.36 Å². The summed E-state index contributed by atoms with van der Waals surface area (Å²) in [7, 11) is 1.44. The number of aromatic hydroxyl groups is 2. The van der Waals surface area contributed by atoms with Gasteiger partial charge in [0, 0.05) is 11.4 Å². The van der Waals surface area contributed by atoms with Crippen molar-refractivity contribution in [1.29, 1.82) is 0 Å². The van der Waals surface area contributed by atoms with Gasteiger partial charge in [0.05, 0.1) is 24.6 Å². The van der Waals surface area contributed by atoms with E-state index in [1.54, 1.807) is 36.4 Å². The molecule has 3 aromatic rings. The molecule has 0 spiro atoms. The van der Waals surface area contributed by atoms with Gasteiger partial charge in [0.15, 0.2) is 11.5 Å². The molecular formula is C20H17ClN4O5. The second-order valence-corrected chi connectivity index (χ2v) is 7.08. The van der Waals surface area contributed by atoms with Crippen molar-refractivity contribution in [3.05, 3.63) is 79.5 Å². The van der Waals surface area contributed by atoms with Crippen LogP contribution in [0.15, 0.2) is 57.2 Å². The van der Waals surface area contributed by atoms with Crippen LogP contribution in [0.4, 0.5) is 0 Å². The summed E-state index contributed by atoms with van der Waals surface area (Å²) in [6.07, 6.45) is 0.267. The summed E-state index contributed by atoms with van der Waals surface area (Å²) in [5.74, 6) is -0.209. The Bertz CT molecular complexity index is 1260. The van der Waals surface area contributed by atoms with Crippen molar-refractivity contribution >= 4 is 17.3 Å². The zero-order valence-electron chi connectivity index (χ0n) is 15.7. The molecule has 4 N–H and O–H groups in total. The van der Waals surface area contributed by atoms with Crippen LogP contribution in [-0.4, -0.2) is 32.6 Å². The number of nitrogens with one attached hydrogen (secondary N) is 2. The molecule has 1 aliphatic rings. The summed E-state index contributed by atoms with van der Waals surface area (Å²) in [5.41, 5.74) is 2.67. The van der Waals surface area contributed by atoms with Crippen molar-refractivity contribution in [2.24, 2.45) is 5.10 Å². The number of hydrogen-bond donors (Lipinski definition) is 4. The van der Waals surface area contributed by atoms with Gasteiger partial charge in [-0.15, -0.1) is 0 Å². The summed E-state index contributed by atoms with van der Waals surface area (Å²) >= 11 is 5.88. The monoisotopic (exact) mass is 428 g/mol. The van der Waals surface area contributed by atoms with Gasteiger partial charge in [0.2, 0.25) is 5.88 Å². The van der Waals surface area contributed by atoms with Gasteiger partial charge in [-0.2, -0.15) is 5.10 Å². The number of hydrogen-bond acceptors (Lipinski definition) is 7. The van der Waals surface area contributed by atoms with E-state index >= 15 is 0 Å². The summed E-state index contributed by atoms with van der Waals surface area (Å²) in [4.78, 5) is 27.0. The lowest BCUT2D eigenvalue weighted by molar-refractivity contribution is 0.372. The Kier molecular flexibility index (Phi) is 4.96. The van der Waals surface area contributed by atoms with Gasteiger partial charge in [0.25, 0.3) is 5.56 Å². The number of ether oxygens (including phenoxy) is 1. The number of hydrazone groups is 1. The second-order valence-electron chi connectivity index (χ2n) is 6.65. The van der Waals surface area contributed by atoms with Gasteiger partial charge in [0.1, 0.15) is 5.56 Å². The summed E-state index contributed by atoms with van der Waals surface area (Å²) in [6.45, 7) is 0. The number of methoxy groups -OCH3 is 1. The fourth-order valence-electron chi connectivity index (χ4n) is 3.32. The number of H-pyrrole nitrogens is 1. The molecule has 4 rings (SSSR count). The first-order chi connectivity index (χ1) is 14.4. The van der Waals surface area contributed by atoms with Crippen LogP contribution >= 0.6 is 11.6 Å². The van der Waals surface area contributed by atoms with Crippen molar-refractivity contribution in [2.45, 2.75) is 12.5 Å². The van der Waals surface area contributed by atoms with E-state index < -0.39 is 17.1 Å². The number of benzene rings is 2. The lowest BCUT2D eigenvalue weighted by Crippen LogP contribution is -2.33. The molecule has 2 aromatic carbocycles. The predicted octanol–water partition coefficient (Wildman–Crippen LogP) is 2.04. The molecule has 0 amide bonds. The largest absolute Gasteiger partial charge is 0.504 e. The zero-order valence-corrected chi connectivity index (χ0v) is 16.5. The third-order valence-corrected chi connectivity index (χ3v) is 5.07. The highest BCUT2D eigenvalue weighted by Gasteiger charge is 2.28. The molecule has 1 aliphatic heterocycles. The van der Waals surface area contributed by atoms with Crippen LogP contribution in [0.1, 0.15) is 23.6 Å². The molecule has 1 atom stereocenters. The Morgan fingerprint density at radius 1 is 1.17 bits per heavy atom. The molecular weight excluding hydrogens is 412 g/mol. The van der Waals surface area contributed by atoms with Gasteiger partial charge < -0.3 is 20.4 Å². The van der Waals surface area contributed by atoms with Gasteiger partial charge in [-0.05, 0) is 42.0 Å². The van der Waals surface area contributed by atoms with E-state index in [-0.39, 0.29) is 29.5 Å². The van der Waals surface area contributed by atoms with E-state index in [9.17, 15) is 19.8 Å². The van der Waals surface area contributed by atoms with Gasteiger partial charge in [-0.3, -0.25) is 9.78 Å². The first-order valence-electron chi connectivity index (χ1n) is 8.92. The van der Waals surface area contributed by atoms with Crippen LogP contribution in [0.5, 0.6) is 17.4 Å². The van der Waals surface area contributed by atoms with E-state index in [2.05, 4.69) is 15.5 Å². The lowest BCUT2D eigenvalue weighted by atomic mass is 9.99. The van der Waals surface area contributed by atoms with Crippen molar-refractivity contribution in [3.63, 3.8) is 0 Å². The van der Waals surface area contributed by atoms with E-state index in [0.29, 0.717) is 16.5 Å². The molecule has 0 aliphatic carbocycles. The molecule has 0 saturated carbocycles. The number of phenolic OH excluding ortho intramolecular Hbond substituents is 1. The third kappa shape index (κ3) is 3.39. The summed E-state index contributed by atoms with van der Waals surface area (Å²) in [5, 5.41) is 25.2. The quantitative estimate of drug-likeness (QED) is 0.503. The highest BCUT2D eigenvalue weighted by Crippen LogP contribution is 2.32. The van der Waals surface area contributed by atoms with Crippen molar-refractivity contribution < 1.29 is 14.9 Å². The SMILES string of the molecule is COc1cc(C2CC(c3c(O)n(-c4ccc(Cl)cc4)c(=O)[nH]c3=O)=NN2)ccc1O. The molecule has 9 nitrogen and oxygen atoms in total. The topological polar surface area (TPSA) is 129 Å². The molecule has 154 valence electrons. The number of phenols is 1. The molecule has 0 bridgehead atoms. The van der Waals surface area contributed by atoms with E-state index in [4.69, 9.17) is 16.3 Å². The van der Waals surface area contributed by atoms with Crippen LogP contribution in [0.25, 0.3) is 5.69 Å². The smallest absolute Gasteiger partial charge is 0.335 e. The number of rotatable bonds is 4. The van der Waals surface area contributed by atoms with Crippen LogP contribution < -0.4 is 21.4 Å². The standard InChI is InChI=1S/C20H17ClN4O5/c1-30-16-8-10(2-7-15(16)26)13-9-14(24-23-13)17-18(27)22-20(29)25(19(17)28)12-5-3-11(21)4-6-12/h2-8,13,23,26,28H,9H2,1H3,(H,22,27,29). The van der Waals surface area contributed by atoms with Crippen LogP contribution in [0, 0.1) is 0 Å². The normalized spacial score (nSPS) is 15.5. The van der Waals surface area contributed by atoms with Gasteiger partial charge in [-0.1, -0.05) is 17.7 Å². The summed E-state index contributed by atoms with van der Waals surface area (Å²) < 4.78 is 6.10. The number of nitrogens with zero attached hydrogens (tertiary/aromatic N) is 2. The average molecular weight is 429 g/mol. The fourth-order valence-corrected chi connectivity index (χ4v) is 3.44. The van der Waals surface area contributed by atoms with Crippen molar-refractivity contribution in [3.8, 4) is 23.1 Å². The number of aromatic nitrogens is 2. The minimum absolute atomic E-state index is 0.00418. The molecule has 0 radical (unpaired) electrons. The maximum atomic E-state index is 12.5. The molecule has 1 unspecified atom stereocenters. The van der Waals surface area contributed by atoms with Crippen LogP contribution in [0.2, 0.25) is 5.02 Å². The predicted molar refractivity (Wildman–Crippen MR) is 111 cm³/mol. The first-order valence-corrected chi connectivity index (χ1v) is 9.30. The number of aromatic amines is 1. The Morgan fingerprint density at radius 2 is 1.90 bits per heavy atom. The fraction of sp³-hybridized carbons (Fsp3) is 0.150. The Hall–Kier alpha value is -3.72. The maximum Gasteiger partial charge on any atom is 0.335 e. The Morgan fingerprint density at radius 3 is 2.60 bits per heavy atom. The molecule has 1 aromatic heterocycles. The zero-order chi connectivity index (χ0) is 21.4. The molecule has 10 heteroatoms. The first kappa shape index (κ1) is 19.6. The van der Waals surface area contributed by atoms with E-state index in [0.717, 1.165) is 10.1 Å². The summed E-state index contributed by atoms with van der Waals surface area (Å²) in [6, 6.07) is 10.8. The highest BCUT2D eigenvalue weighted by atomic mass is 35.5. The van der Waals surface area contributed by atoms with Crippen molar-refractivity contribution in [1.82, 2.24) is 15.0 Å². The molecule has 30 heavy (non-hydrogen) atoms. The minimum atomic E-state index is -0.782. The number of halogens is 1. The third-order valence-electron chi connectivity index (χ3n) is 4.82. The lowest BCUT2D eigenvalue weighted by Gasteiger charge is -2.13. The highest BCUT2D eigenvalue weighted by molar-refractivity contribution is 6.30. The molecule has 2 heterocycles. The Labute approximate surface area is 174 Å². The van der Waals surface area contributed by atoms with E-state index in [1.165, 1.54) is 13.2 Å². The second kappa shape index (κ2) is 7.60. The molecule has 0 fully saturated rings. The average Bonchev–Trinajstić information content (AvgIpc) is 3.19. The minimum Gasteiger partial charge on any atom is -0.504 e. The van der Waals surface area contributed by atoms with Crippen LogP contribution in [-0.2, 0) is 0 Å². The van der Waals surface area contributed by atoms with Crippen LogP contribution in [0.3, 0.4) is 0 Å². The molecule has 0 saturated heterocycles. The van der Waals surface area contributed by atoms with E-state index in [1.807, 2.05) is 0 Å².